The summed E-state index contributed by atoms with van der Waals surface area (Å²) in [5.74, 6) is -1.28. The van der Waals surface area contributed by atoms with Gasteiger partial charge in [-0.15, -0.1) is 0 Å². The van der Waals surface area contributed by atoms with Crippen LogP contribution in [0.4, 0.5) is 0 Å². The second-order valence-corrected chi connectivity index (χ2v) is 4.53. The first-order valence-electron chi connectivity index (χ1n) is 5.65. The Morgan fingerprint density at radius 3 is 1.47 bits per heavy atom. The number of hydrogen-bond donors (Lipinski definition) is 2. The van der Waals surface area contributed by atoms with E-state index in [2.05, 4.69) is 13.2 Å². The summed E-state index contributed by atoms with van der Waals surface area (Å²) >= 11 is 0. The fraction of sp³-hybridized carbons (Fsp3) is 0.538. The maximum Gasteiger partial charge on any atom is 0.333 e. The van der Waals surface area contributed by atoms with Crippen LogP contribution in [-0.2, 0) is 19.1 Å². The molecule has 0 aliphatic carbocycles. The highest BCUT2D eigenvalue weighted by atomic mass is 16.6. The van der Waals surface area contributed by atoms with Crippen molar-refractivity contribution in [1.82, 2.24) is 0 Å². The third kappa shape index (κ3) is 5.67. The van der Waals surface area contributed by atoms with Crippen molar-refractivity contribution in [3.8, 4) is 0 Å². The van der Waals surface area contributed by atoms with Crippen molar-refractivity contribution in [2.24, 2.45) is 5.41 Å². The molecule has 0 unspecified atom stereocenters. The molecule has 0 bridgehead atoms. The van der Waals surface area contributed by atoms with Crippen LogP contribution in [-0.4, -0.2) is 48.6 Å². The van der Waals surface area contributed by atoms with Crippen LogP contribution in [0.25, 0.3) is 0 Å². The standard InChI is InChI=1S/C13H20O6/c1-9(2)11(16)18-7-13(5-14,6-15)8-19-12(17)10(3)4/h14-15H,1,3,5-8H2,2,4H3. The molecular formula is C13H20O6. The van der Waals surface area contributed by atoms with Gasteiger partial charge in [-0.25, -0.2) is 9.59 Å². The van der Waals surface area contributed by atoms with E-state index in [4.69, 9.17) is 9.47 Å². The molecule has 6 nitrogen and oxygen atoms in total. The topological polar surface area (TPSA) is 93.1 Å². The van der Waals surface area contributed by atoms with E-state index in [1.165, 1.54) is 13.8 Å². The van der Waals surface area contributed by atoms with E-state index >= 15 is 0 Å². The Kier molecular flexibility index (Phi) is 7.03. The number of aliphatic hydroxyl groups excluding tert-OH is 2. The van der Waals surface area contributed by atoms with Gasteiger partial charge in [0.05, 0.1) is 18.6 Å². The fourth-order valence-electron chi connectivity index (χ4n) is 0.958. The number of ether oxygens (including phenoxy) is 2. The summed E-state index contributed by atoms with van der Waals surface area (Å²) < 4.78 is 9.74. The Hall–Kier alpha value is -1.66. The van der Waals surface area contributed by atoms with Gasteiger partial charge in [-0.05, 0) is 13.8 Å². The minimum Gasteiger partial charge on any atom is -0.461 e. The molecule has 0 atom stereocenters. The van der Waals surface area contributed by atoms with Gasteiger partial charge in [-0.2, -0.15) is 0 Å². The molecule has 0 heterocycles. The van der Waals surface area contributed by atoms with Crippen LogP contribution in [0.3, 0.4) is 0 Å². The van der Waals surface area contributed by atoms with Crippen molar-refractivity contribution in [1.29, 1.82) is 0 Å². The Labute approximate surface area is 112 Å². The highest BCUT2D eigenvalue weighted by Crippen LogP contribution is 2.18. The molecule has 0 saturated heterocycles. The zero-order valence-electron chi connectivity index (χ0n) is 11.3. The number of carbonyl (C=O) groups is 2. The lowest BCUT2D eigenvalue weighted by Crippen LogP contribution is -2.41. The van der Waals surface area contributed by atoms with Gasteiger partial charge in [0.1, 0.15) is 13.2 Å². The first kappa shape index (κ1) is 17.3. The molecular weight excluding hydrogens is 252 g/mol. The van der Waals surface area contributed by atoms with Crippen LogP contribution < -0.4 is 0 Å². The lowest BCUT2D eigenvalue weighted by Gasteiger charge is -2.28. The molecule has 0 aromatic heterocycles. The molecule has 0 radical (unpaired) electrons. The fourth-order valence-corrected chi connectivity index (χ4v) is 0.958. The van der Waals surface area contributed by atoms with Crippen molar-refractivity contribution >= 4 is 11.9 Å². The number of aliphatic hydroxyl groups is 2. The Morgan fingerprint density at radius 2 is 1.26 bits per heavy atom. The van der Waals surface area contributed by atoms with E-state index in [0.29, 0.717) is 0 Å². The molecule has 0 aliphatic rings. The summed E-state index contributed by atoms with van der Waals surface area (Å²) in [4.78, 5) is 22.5. The van der Waals surface area contributed by atoms with Gasteiger partial charge in [0, 0.05) is 11.1 Å². The molecule has 6 heteroatoms. The van der Waals surface area contributed by atoms with Crippen LogP contribution in [0.2, 0.25) is 0 Å². The van der Waals surface area contributed by atoms with Crippen LogP contribution in [0, 0.1) is 5.41 Å². The second-order valence-electron chi connectivity index (χ2n) is 4.53. The van der Waals surface area contributed by atoms with Crippen molar-refractivity contribution in [3.63, 3.8) is 0 Å². The van der Waals surface area contributed by atoms with Crippen molar-refractivity contribution in [3.05, 3.63) is 24.3 Å². The summed E-state index contributed by atoms with van der Waals surface area (Å²) in [6.45, 7) is 8.19. The Morgan fingerprint density at radius 1 is 0.947 bits per heavy atom. The predicted octanol–water partition coefficient (Wildman–Crippen LogP) is 0.196. The SMILES string of the molecule is C=C(C)C(=O)OCC(CO)(CO)COC(=O)C(=C)C. The van der Waals surface area contributed by atoms with Crippen molar-refractivity contribution < 1.29 is 29.3 Å². The molecule has 0 saturated carbocycles. The van der Waals surface area contributed by atoms with E-state index in [9.17, 15) is 19.8 Å². The highest BCUT2D eigenvalue weighted by molar-refractivity contribution is 5.87. The molecule has 108 valence electrons. The van der Waals surface area contributed by atoms with Gasteiger partial charge in [0.25, 0.3) is 0 Å². The molecule has 0 aromatic rings. The van der Waals surface area contributed by atoms with Gasteiger partial charge >= 0.3 is 11.9 Å². The zero-order chi connectivity index (χ0) is 15.1. The Bertz CT molecular complexity index is 335. The summed E-state index contributed by atoms with van der Waals surface area (Å²) in [5.41, 5.74) is -0.844. The number of rotatable bonds is 8. The smallest absolute Gasteiger partial charge is 0.333 e. The van der Waals surface area contributed by atoms with E-state index in [1.54, 1.807) is 0 Å². The predicted molar refractivity (Wildman–Crippen MR) is 68.2 cm³/mol. The first-order chi connectivity index (χ1) is 8.78. The van der Waals surface area contributed by atoms with Gasteiger partial charge in [0.2, 0.25) is 0 Å². The van der Waals surface area contributed by atoms with E-state index in [1.807, 2.05) is 0 Å². The minimum absolute atomic E-state index is 0.198. The van der Waals surface area contributed by atoms with Crippen LogP contribution in [0.15, 0.2) is 24.3 Å². The summed E-state index contributed by atoms with van der Waals surface area (Å²) in [7, 11) is 0. The number of hydrogen-bond acceptors (Lipinski definition) is 6. The lowest BCUT2D eigenvalue weighted by atomic mass is 9.92. The van der Waals surface area contributed by atoms with E-state index in [-0.39, 0.29) is 24.4 Å². The molecule has 0 aliphatic heterocycles. The van der Waals surface area contributed by atoms with Gasteiger partial charge in [-0.3, -0.25) is 0 Å². The lowest BCUT2D eigenvalue weighted by molar-refractivity contribution is -0.154. The molecule has 0 aromatic carbocycles. The molecule has 19 heavy (non-hydrogen) atoms. The minimum atomic E-state index is -1.24. The third-order valence-electron chi connectivity index (χ3n) is 2.39. The number of carbonyl (C=O) groups excluding carboxylic acids is 2. The number of esters is 2. The van der Waals surface area contributed by atoms with Crippen molar-refractivity contribution in [2.75, 3.05) is 26.4 Å². The second kappa shape index (κ2) is 7.70. The average Bonchev–Trinajstić information content (AvgIpc) is 2.38. The van der Waals surface area contributed by atoms with Crippen molar-refractivity contribution in [2.45, 2.75) is 13.8 Å². The molecule has 0 rings (SSSR count). The monoisotopic (exact) mass is 272 g/mol. The van der Waals surface area contributed by atoms with Crippen LogP contribution in [0.5, 0.6) is 0 Å². The summed E-state index contributed by atoms with van der Waals surface area (Å²) in [6.07, 6.45) is 0. The first-order valence-corrected chi connectivity index (χ1v) is 5.65. The van der Waals surface area contributed by atoms with Gasteiger partial charge in [-0.1, -0.05) is 13.2 Å². The molecule has 0 amide bonds. The molecule has 2 N–H and O–H groups in total. The van der Waals surface area contributed by atoms with Gasteiger partial charge in [0.15, 0.2) is 0 Å². The summed E-state index contributed by atoms with van der Waals surface area (Å²) in [6, 6.07) is 0. The third-order valence-corrected chi connectivity index (χ3v) is 2.39. The van der Waals surface area contributed by atoms with Gasteiger partial charge < -0.3 is 19.7 Å². The van der Waals surface area contributed by atoms with E-state index in [0.717, 1.165) is 0 Å². The van der Waals surface area contributed by atoms with Crippen LogP contribution in [0.1, 0.15) is 13.8 Å². The maximum atomic E-state index is 11.3. The van der Waals surface area contributed by atoms with Crippen LogP contribution >= 0.6 is 0 Å². The normalized spacial score (nSPS) is 10.7. The highest BCUT2D eigenvalue weighted by Gasteiger charge is 2.33. The maximum absolute atomic E-state index is 11.3. The Balaban J connectivity index is 4.58. The van der Waals surface area contributed by atoms with E-state index < -0.39 is 30.6 Å². The summed E-state index contributed by atoms with van der Waals surface area (Å²) in [5, 5.41) is 18.6. The molecule has 0 fully saturated rings. The zero-order valence-corrected chi connectivity index (χ0v) is 11.3. The quantitative estimate of drug-likeness (QED) is 0.484. The largest absolute Gasteiger partial charge is 0.461 e. The average molecular weight is 272 g/mol. The molecule has 0 spiro atoms.